The Bertz CT molecular complexity index is 354. The van der Waals surface area contributed by atoms with E-state index in [0.29, 0.717) is 6.04 Å². The summed E-state index contributed by atoms with van der Waals surface area (Å²) < 4.78 is 5.48. The van der Waals surface area contributed by atoms with E-state index in [1.807, 2.05) is 19.1 Å². The summed E-state index contributed by atoms with van der Waals surface area (Å²) >= 11 is 0. The van der Waals surface area contributed by atoms with Crippen LogP contribution >= 0.6 is 0 Å². The lowest BCUT2D eigenvalue weighted by atomic mass is 10.1. The molecule has 1 aromatic rings. The predicted octanol–water partition coefficient (Wildman–Crippen LogP) is 1.56. The molecule has 0 radical (unpaired) electrons. The third kappa shape index (κ3) is 2.21. The van der Waals surface area contributed by atoms with E-state index in [-0.39, 0.29) is 6.10 Å². The van der Waals surface area contributed by atoms with E-state index in [4.69, 9.17) is 10.5 Å². The van der Waals surface area contributed by atoms with Crippen molar-refractivity contribution in [1.29, 1.82) is 0 Å². The smallest absolute Gasteiger partial charge is 0.126 e. The van der Waals surface area contributed by atoms with E-state index >= 15 is 0 Å². The third-order valence-electron chi connectivity index (χ3n) is 2.84. The summed E-state index contributed by atoms with van der Waals surface area (Å²) in [4.78, 5) is 4.38. The molecule has 4 heteroatoms. The molecule has 1 aliphatic heterocycles. The van der Waals surface area contributed by atoms with Gasteiger partial charge in [-0.1, -0.05) is 0 Å². The number of nitrogens with zero attached hydrogens (tertiary/aromatic N) is 1. The van der Waals surface area contributed by atoms with Gasteiger partial charge in [0.2, 0.25) is 0 Å². The molecule has 2 atom stereocenters. The van der Waals surface area contributed by atoms with E-state index in [0.717, 1.165) is 30.2 Å². The molecule has 15 heavy (non-hydrogen) atoms. The number of hydrogen-bond acceptors (Lipinski definition) is 4. The third-order valence-corrected chi connectivity index (χ3v) is 2.84. The number of nitrogen functional groups attached to an aromatic ring is 1. The summed E-state index contributed by atoms with van der Waals surface area (Å²) in [5, 5.41) is 3.37. The van der Waals surface area contributed by atoms with Crippen LogP contribution in [0.1, 0.15) is 19.0 Å². The minimum atomic E-state index is 0.254. The minimum absolute atomic E-state index is 0.254. The number of rotatable bonds is 2. The minimum Gasteiger partial charge on any atom is -0.397 e. The van der Waals surface area contributed by atoms with Crippen molar-refractivity contribution in [3.63, 3.8) is 0 Å². The standard InChI is InChI=1S/C11H17N3O/c1-7-9(12)3-4-11(13-7)14-10-5-6-15-8(10)2/h3-4,8,10H,5-6,12H2,1-2H3,(H,13,14). The molecule has 0 aliphatic carbocycles. The normalized spacial score (nSPS) is 25.5. The number of aromatic nitrogens is 1. The van der Waals surface area contributed by atoms with E-state index in [9.17, 15) is 0 Å². The van der Waals surface area contributed by atoms with Crippen molar-refractivity contribution >= 4 is 11.5 Å². The van der Waals surface area contributed by atoms with Crippen LogP contribution in [0.4, 0.5) is 11.5 Å². The Labute approximate surface area is 89.8 Å². The summed E-state index contributed by atoms with van der Waals surface area (Å²) in [5.74, 6) is 0.879. The van der Waals surface area contributed by atoms with Crippen molar-refractivity contribution < 1.29 is 4.74 Å². The molecular formula is C11H17N3O. The van der Waals surface area contributed by atoms with Crippen LogP contribution in [0.15, 0.2) is 12.1 Å². The number of nitrogens with two attached hydrogens (primary N) is 1. The molecule has 1 fully saturated rings. The van der Waals surface area contributed by atoms with Gasteiger partial charge in [-0.3, -0.25) is 0 Å². The fraction of sp³-hybridized carbons (Fsp3) is 0.545. The Hall–Kier alpha value is -1.29. The first-order valence-corrected chi connectivity index (χ1v) is 5.28. The molecule has 1 aliphatic rings. The lowest BCUT2D eigenvalue weighted by Crippen LogP contribution is -2.27. The van der Waals surface area contributed by atoms with E-state index in [1.165, 1.54) is 0 Å². The number of aryl methyl sites for hydroxylation is 1. The van der Waals surface area contributed by atoms with Crippen molar-refractivity contribution in [2.45, 2.75) is 32.4 Å². The molecule has 0 amide bonds. The van der Waals surface area contributed by atoms with E-state index in [1.54, 1.807) is 0 Å². The quantitative estimate of drug-likeness (QED) is 0.772. The van der Waals surface area contributed by atoms with Crippen LogP contribution in [0, 0.1) is 6.92 Å². The van der Waals surface area contributed by atoms with Gasteiger partial charge in [0.05, 0.1) is 23.5 Å². The monoisotopic (exact) mass is 207 g/mol. The maximum Gasteiger partial charge on any atom is 0.126 e. The molecule has 0 spiro atoms. The largest absolute Gasteiger partial charge is 0.397 e. The van der Waals surface area contributed by atoms with Crippen LogP contribution in [-0.2, 0) is 4.74 Å². The fourth-order valence-electron chi connectivity index (χ4n) is 1.76. The highest BCUT2D eigenvalue weighted by molar-refractivity contribution is 5.49. The van der Waals surface area contributed by atoms with E-state index in [2.05, 4.69) is 17.2 Å². The first-order chi connectivity index (χ1) is 7.16. The second kappa shape index (κ2) is 4.06. The molecule has 82 valence electrons. The van der Waals surface area contributed by atoms with Crippen LogP contribution in [-0.4, -0.2) is 23.7 Å². The highest BCUT2D eigenvalue weighted by Gasteiger charge is 2.24. The summed E-state index contributed by atoms with van der Waals surface area (Å²) in [6.45, 7) is 4.82. The van der Waals surface area contributed by atoms with Gasteiger partial charge in [-0.2, -0.15) is 0 Å². The van der Waals surface area contributed by atoms with Crippen molar-refractivity contribution in [3.8, 4) is 0 Å². The molecular weight excluding hydrogens is 190 g/mol. The second-order valence-electron chi connectivity index (χ2n) is 3.99. The molecule has 1 aromatic heterocycles. The van der Waals surface area contributed by atoms with Gasteiger partial charge in [0.25, 0.3) is 0 Å². The molecule has 2 rings (SSSR count). The second-order valence-corrected chi connectivity index (χ2v) is 3.99. The van der Waals surface area contributed by atoms with Crippen LogP contribution in [0.2, 0.25) is 0 Å². The molecule has 2 heterocycles. The van der Waals surface area contributed by atoms with Gasteiger partial charge in [-0.15, -0.1) is 0 Å². The summed E-state index contributed by atoms with van der Waals surface area (Å²) in [6, 6.07) is 4.15. The molecule has 0 saturated carbocycles. The summed E-state index contributed by atoms with van der Waals surface area (Å²) in [7, 11) is 0. The lowest BCUT2D eigenvalue weighted by molar-refractivity contribution is 0.121. The topological polar surface area (TPSA) is 60.2 Å². The number of pyridine rings is 1. The maximum atomic E-state index is 5.71. The van der Waals surface area contributed by atoms with Crippen LogP contribution in [0.3, 0.4) is 0 Å². The first kappa shape index (κ1) is 10.2. The molecule has 0 aromatic carbocycles. The van der Waals surface area contributed by atoms with Crippen LogP contribution in [0.5, 0.6) is 0 Å². The number of hydrogen-bond donors (Lipinski definition) is 2. The molecule has 4 nitrogen and oxygen atoms in total. The van der Waals surface area contributed by atoms with Crippen molar-refractivity contribution in [2.75, 3.05) is 17.7 Å². The average molecular weight is 207 g/mol. The van der Waals surface area contributed by atoms with Crippen molar-refractivity contribution in [1.82, 2.24) is 4.98 Å². The molecule has 2 unspecified atom stereocenters. The molecule has 0 bridgehead atoms. The van der Waals surface area contributed by atoms with E-state index < -0.39 is 0 Å². The van der Waals surface area contributed by atoms with Crippen LogP contribution in [0.25, 0.3) is 0 Å². The molecule has 1 saturated heterocycles. The van der Waals surface area contributed by atoms with Gasteiger partial charge in [0.15, 0.2) is 0 Å². The zero-order chi connectivity index (χ0) is 10.8. The predicted molar refractivity (Wildman–Crippen MR) is 60.8 cm³/mol. The van der Waals surface area contributed by atoms with Crippen LogP contribution < -0.4 is 11.1 Å². The zero-order valence-corrected chi connectivity index (χ0v) is 9.16. The number of ether oxygens (including phenoxy) is 1. The summed E-state index contributed by atoms with van der Waals surface area (Å²) in [6.07, 6.45) is 1.29. The van der Waals surface area contributed by atoms with Gasteiger partial charge in [0.1, 0.15) is 5.82 Å². The Morgan fingerprint density at radius 1 is 1.53 bits per heavy atom. The van der Waals surface area contributed by atoms with Gasteiger partial charge in [0, 0.05) is 6.61 Å². The first-order valence-electron chi connectivity index (χ1n) is 5.28. The number of anilines is 2. The molecule has 3 N–H and O–H groups in total. The van der Waals surface area contributed by atoms with Crippen molar-refractivity contribution in [2.24, 2.45) is 0 Å². The summed E-state index contributed by atoms with van der Waals surface area (Å²) in [5.41, 5.74) is 7.31. The Morgan fingerprint density at radius 2 is 2.33 bits per heavy atom. The maximum absolute atomic E-state index is 5.71. The Kier molecular flexibility index (Phi) is 2.77. The Balaban J connectivity index is 2.07. The SMILES string of the molecule is Cc1nc(NC2CCOC2C)ccc1N. The lowest BCUT2D eigenvalue weighted by Gasteiger charge is -2.17. The van der Waals surface area contributed by atoms with Gasteiger partial charge in [-0.25, -0.2) is 4.98 Å². The van der Waals surface area contributed by atoms with Gasteiger partial charge < -0.3 is 15.8 Å². The zero-order valence-electron chi connectivity index (χ0n) is 9.16. The highest BCUT2D eigenvalue weighted by atomic mass is 16.5. The van der Waals surface area contributed by atoms with Gasteiger partial charge in [-0.05, 0) is 32.4 Å². The van der Waals surface area contributed by atoms with Crippen molar-refractivity contribution in [3.05, 3.63) is 17.8 Å². The highest BCUT2D eigenvalue weighted by Crippen LogP contribution is 2.19. The number of nitrogens with one attached hydrogen (secondary N) is 1. The average Bonchev–Trinajstić information content (AvgIpc) is 2.59. The Morgan fingerprint density at radius 3 is 2.93 bits per heavy atom. The van der Waals surface area contributed by atoms with Gasteiger partial charge >= 0.3 is 0 Å². The fourth-order valence-corrected chi connectivity index (χ4v) is 1.76.